The second-order valence-corrected chi connectivity index (χ2v) is 5.09. The molecule has 1 aromatic heterocycles. The zero-order valence-corrected chi connectivity index (χ0v) is 12.9. The molecule has 0 aliphatic carbocycles. The normalized spacial score (nSPS) is 11.0. The molecule has 0 saturated heterocycles. The molecule has 21 heavy (non-hydrogen) atoms. The highest BCUT2D eigenvalue weighted by molar-refractivity contribution is 5.81. The molecule has 0 radical (unpaired) electrons. The van der Waals surface area contributed by atoms with E-state index in [1.165, 1.54) is 10.9 Å². The van der Waals surface area contributed by atoms with Crippen LogP contribution < -0.4 is 5.32 Å². The number of nitrogens with one attached hydrogen (secondary N) is 1. The average molecular weight is 288 g/mol. The second kappa shape index (κ2) is 8.60. The number of rotatable bonds is 9. The van der Waals surface area contributed by atoms with Crippen LogP contribution in [0.4, 0.5) is 5.82 Å². The lowest BCUT2D eigenvalue weighted by Crippen LogP contribution is -2.08. The zero-order chi connectivity index (χ0) is 14.9. The Kier molecular flexibility index (Phi) is 6.44. The Balaban J connectivity index is 1.74. The molecule has 1 N–H and O–H groups in total. The molecule has 0 spiro atoms. The SMILES string of the molecule is COCCOCCCCNc1nc2ccccc2cc1C. The largest absolute Gasteiger partial charge is 0.382 e. The number of unbranched alkanes of at least 4 members (excludes halogenated alkanes) is 1. The molecule has 0 aliphatic heterocycles. The smallest absolute Gasteiger partial charge is 0.129 e. The third-order valence-electron chi connectivity index (χ3n) is 3.35. The van der Waals surface area contributed by atoms with Crippen molar-refractivity contribution in [2.24, 2.45) is 0 Å². The van der Waals surface area contributed by atoms with Crippen LogP contribution in [0.2, 0.25) is 0 Å². The summed E-state index contributed by atoms with van der Waals surface area (Å²) in [7, 11) is 1.69. The Morgan fingerprint density at radius 1 is 1.10 bits per heavy atom. The topological polar surface area (TPSA) is 43.4 Å². The minimum Gasteiger partial charge on any atom is -0.382 e. The molecule has 0 saturated carbocycles. The van der Waals surface area contributed by atoms with Crippen LogP contribution in [-0.4, -0.2) is 38.5 Å². The number of ether oxygens (including phenoxy) is 2. The first-order chi connectivity index (χ1) is 10.3. The van der Waals surface area contributed by atoms with Gasteiger partial charge < -0.3 is 14.8 Å². The number of methoxy groups -OCH3 is 1. The van der Waals surface area contributed by atoms with Gasteiger partial charge in [0.2, 0.25) is 0 Å². The van der Waals surface area contributed by atoms with E-state index < -0.39 is 0 Å². The van der Waals surface area contributed by atoms with Crippen molar-refractivity contribution >= 4 is 16.7 Å². The third kappa shape index (κ3) is 4.99. The molecule has 2 aromatic rings. The molecular weight excluding hydrogens is 264 g/mol. The van der Waals surface area contributed by atoms with Crippen molar-refractivity contribution in [1.29, 1.82) is 0 Å². The highest BCUT2D eigenvalue weighted by Gasteiger charge is 2.02. The van der Waals surface area contributed by atoms with Crippen LogP contribution in [0.15, 0.2) is 30.3 Å². The summed E-state index contributed by atoms with van der Waals surface area (Å²) in [6, 6.07) is 10.4. The van der Waals surface area contributed by atoms with Crippen LogP contribution in [0.5, 0.6) is 0 Å². The average Bonchev–Trinajstić information content (AvgIpc) is 2.50. The summed E-state index contributed by atoms with van der Waals surface area (Å²) in [6.45, 7) is 5.14. The summed E-state index contributed by atoms with van der Waals surface area (Å²) >= 11 is 0. The molecule has 0 bridgehead atoms. The number of anilines is 1. The van der Waals surface area contributed by atoms with Crippen LogP contribution in [0.25, 0.3) is 10.9 Å². The van der Waals surface area contributed by atoms with Gasteiger partial charge in [0.15, 0.2) is 0 Å². The Labute approximate surface area is 126 Å². The minimum atomic E-state index is 0.665. The van der Waals surface area contributed by atoms with E-state index in [0.29, 0.717) is 13.2 Å². The number of hydrogen-bond acceptors (Lipinski definition) is 4. The molecule has 0 atom stereocenters. The fourth-order valence-corrected chi connectivity index (χ4v) is 2.18. The number of fused-ring (bicyclic) bond motifs is 1. The van der Waals surface area contributed by atoms with Crippen molar-refractivity contribution in [3.05, 3.63) is 35.9 Å². The summed E-state index contributed by atoms with van der Waals surface area (Å²) < 4.78 is 10.4. The van der Waals surface area contributed by atoms with Gasteiger partial charge in [0.05, 0.1) is 18.7 Å². The van der Waals surface area contributed by atoms with Gasteiger partial charge in [-0.1, -0.05) is 18.2 Å². The van der Waals surface area contributed by atoms with Crippen molar-refractivity contribution in [3.8, 4) is 0 Å². The maximum atomic E-state index is 5.44. The highest BCUT2D eigenvalue weighted by Crippen LogP contribution is 2.19. The van der Waals surface area contributed by atoms with Gasteiger partial charge in [-0.05, 0) is 37.5 Å². The number of pyridine rings is 1. The summed E-state index contributed by atoms with van der Waals surface area (Å²) in [5.74, 6) is 0.981. The van der Waals surface area contributed by atoms with Gasteiger partial charge in [0, 0.05) is 25.6 Å². The number of aromatic nitrogens is 1. The summed E-state index contributed by atoms with van der Waals surface area (Å²) in [4.78, 5) is 4.67. The predicted octanol–water partition coefficient (Wildman–Crippen LogP) is 3.40. The molecular formula is C17H24N2O2. The van der Waals surface area contributed by atoms with Gasteiger partial charge in [-0.2, -0.15) is 0 Å². The number of nitrogens with zero attached hydrogens (tertiary/aromatic N) is 1. The van der Waals surface area contributed by atoms with Crippen molar-refractivity contribution in [2.45, 2.75) is 19.8 Å². The highest BCUT2D eigenvalue weighted by atomic mass is 16.5. The molecule has 0 unspecified atom stereocenters. The fraction of sp³-hybridized carbons (Fsp3) is 0.471. The molecule has 0 aliphatic rings. The Morgan fingerprint density at radius 2 is 1.95 bits per heavy atom. The van der Waals surface area contributed by atoms with E-state index in [0.717, 1.165) is 37.3 Å². The fourth-order valence-electron chi connectivity index (χ4n) is 2.18. The van der Waals surface area contributed by atoms with Crippen LogP contribution in [-0.2, 0) is 9.47 Å². The van der Waals surface area contributed by atoms with Crippen LogP contribution in [0, 0.1) is 6.92 Å². The maximum Gasteiger partial charge on any atom is 0.129 e. The lowest BCUT2D eigenvalue weighted by atomic mass is 10.1. The molecule has 0 amide bonds. The van der Waals surface area contributed by atoms with E-state index >= 15 is 0 Å². The molecule has 4 heteroatoms. The lowest BCUT2D eigenvalue weighted by molar-refractivity contribution is 0.0691. The van der Waals surface area contributed by atoms with Crippen molar-refractivity contribution in [1.82, 2.24) is 4.98 Å². The van der Waals surface area contributed by atoms with Gasteiger partial charge >= 0.3 is 0 Å². The van der Waals surface area contributed by atoms with E-state index in [9.17, 15) is 0 Å². The van der Waals surface area contributed by atoms with Gasteiger partial charge in [0.1, 0.15) is 5.82 Å². The molecule has 4 nitrogen and oxygen atoms in total. The number of benzene rings is 1. The summed E-state index contributed by atoms with van der Waals surface area (Å²) in [6.07, 6.45) is 2.12. The first-order valence-electron chi connectivity index (χ1n) is 7.48. The Hall–Kier alpha value is -1.65. The van der Waals surface area contributed by atoms with Gasteiger partial charge in [-0.15, -0.1) is 0 Å². The maximum absolute atomic E-state index is 5.44. The Morgan fingerprint density at radius 3 is 2.81 bits per heavy atom. The van der Waals surface area contributed by atoms with Gasteiger partial charge in [0.25, 0.3) is 0 Å². The lowest BCUT2D eigenvalue weighted by Gasteiger charge is -2.10. The van der Waals surface area contributed by atoms with Crippen molar-refractivity contribution in [3.63, 3.8) is 0 Å². The molecule has 1 aromatic carbocycles. The number of hydrogen-bond donors (Lipinski definition) is 1. The standard InChI is InChI=1S/C17H24N2O2/c1-14-13-15-7-3-4-8-16(15)19-17(14)18-9-5-6-10-21-12-11-20-2/h3-4,7-8,13H,5-6,9-12H2,1-2H3,(H,18,19). The third-order valence-corrected chi connectivity index (χ3v) is 3.35. The van der Waals surface area contributed by atoms with Crippen LogP contribution in [0.3, 0.4) is 0 Å². The molecule has 114 valence electrons. The molecule has 0 fully saturated rings. The monoisotopic (exact) mass is 288 g/mol. The molecule has 1 heterocycles. The van der Waals surface area contributed by atoms with Crippen molar-refractivity contribution in [2.75, 3.05) is 38.8 Å². The van der Waals surface area contributed by atoms with E-state index in [-0.39, 0.29) is 0 Å². The zero-order valence-electron chi connectivity index (χ0n) is 12.9. The number of aryl methyl sites for hydroxylation is 1. The summed E-state index contributed by atoms with van der Waals surface area (Å²) in [5, 5.41) is 4.60. The predicted molar refractivity (Wildman–Crippen MR) is 86.9 cm³/mol. The van der Waals surface area contributed by atoms with E-state index in [4.69, 9.17) is 9.47 Å². The second-order valence-electron chi connectivity index (χ2n) is 5.09. The van der Waals surface area contributed by atoms with E-state index in [1.54, 1.807) is 7.11 Å². The van der Waals surface area contributed by atoms with Gasteiger partial charge in [-0.3, -0.25) is 0 Å². The van der Waals surface area contributed by atoms with Crippen LogP contribution >= 0.6 is 0 Å². The van der Waals surface area contributed by atoms with E-state index in [1.807, 2.05) is 18.2 Å². The first-order valence-corrected chi connectivity index (χ1v) is 7.48. The van der Waals surface area contributed by atoms with Crippen LogP contribution in [0.1, 0.15) is 18.4 Å². The van der Waals surface area contributed by atoms with Crippen molar-refractivity contribution < 1.29 is 9.47 Å². The quantitative estimate of drug-likeness (QED) is 0.718. The van der Waals surface area contributed by atoms with Gasteiger partial charge in [-0.25, -0.2) is 4.98 Å². The molecule has 2 rings (SSSR count). The summed E-state index contributed by atoms with van der Waals surface area (Å²) in [5.41, 5.74) is 2.22. The number of para-hydroxylation sites is 1. The first kappa shape index (κ1) is 15.7. The van der Waals surface area contributed by atoms with E-state index in [2.05, 4.69) is 29.4 Å². The Bertz CT molecular complexity index is 557. The minimum absolute atomic E-state index is 0.665.